The summed E-state index contributed by atoms with van der Waals surface area (Å²) in [5.41, 5.74) is 4.15. The molecule has 226 valence electrons. The van der Waals surface area contributed by atoms with Crippen LogP contribution in [0.4, 0.5) is 5.13 Å². The number of anilines is 1. The summed E-state index contributed by atoms with van der Waals surface area (Å²) in [7, 11) is 3.66. The van der Waals surface area contributed by atoms with Gasteiger partial charge < -0.3 is 35.9 Å². The molecule has 42 heavy (non-hydrogen) atoms. The third kappa shape index (κ3) is 5.20. The van der Waals surface area contributed by atoms with Gasteiger partial charge in [-0.2, -0.15) is 0 Å². The summed E-state index contributed by atoms with van der Waals surface area (Å²) < 4.78 is 0.589. The summed E-state index contributed by atoms with van der Waals surface area (Å²) in [5.74, 6) is -3.04. The van der Waals surface area contributed by atoms with Crippen molar-refractivity contribution in [1.82, 2.24) is 20.5 Å². The minimum atomic E-state index is -1.76. The topological polar surface area (TPSA) is 214 Å². The van der Waals surface area contributed by atoms with Crippen LogP contribution in [0, 0.1) is 17.8 Å². The molecule has 4 aliphatic rings. The molecule has 1 saturated carbocycles. The fraction of sp³-hybridized carbons (Fsp3) is 0.560. The Labute approximate surface area is 248 Å². The molecule has 6 N–H and O–H groups in total. The lowest BCUT2D eigenvalue weighted by Crippen LogP contribution is -2.71. The van der Waals surface area contributed by atoms with Gasteiger partial charge in [-0.3, -0.25) is 19.3 Å². The van der Waals surface area contributed by atoms with Gasteiger partial charge in [-0.1, -0.05) is 5.16 Å². The molecular formula is C25H32N7O8S2+. The maximum absolute atomic E-state index is 13.3. The van der Waals surface area contributed by atoms with Crippen molar-refractivity contribution in [3.05, 3.63) is 22.3 Å². The zero-order valence-electron chi connectivity index (χ0n) is 23.3. The third-order valence-electron chi connectivity index (χ3n) is 8.15. The minimum absolute atomic E-state index is 0.00955. The molecule has 17 heteroatoms. The number of amides is 3. The highest BCUT2D eigenvalue weighted by Gasteiger charge is 2.65. The number of oxime groups is 1. The van der Waals surface area contributed by atoms with Crippen LogP contribution in [-0.2, 0) is 28.8 Å². The zero-order valence-corrected chi connectivity index (χ0v) is 25.0. The van der Waals surface area contributed by atoms with Gasteiger partial charge in [0.05, 0.1) is 26.1 Å². The molecule has 0 spiro atoms. The van der Waals surface area contributed by atoms with Crippen molar-refractivity contribution in [2.45, 2.75) is 30.9 Å². The average molecular weight is 623 g/mol. The van der Waals surface area contributed by atoms with Gasteiger partial charge in [-0.15, -0.1) is 23.1 Å². The number of carbonyl (C=O) groups excluding carboxylic acids is 3. The summed E-state index contributed by atoms with van der Waals surface area (Å²) in [6.07, 6.45) is 0. The number of carboxylic acid groups (broad SMARTS) is 2. The standard InChI is InChI=1S/C25H31N7O8S2/c1-25(2,23(38)39)40-30-15(13-9-42-24(26)28-13)19(34)29-16-20(35)31-17(22(36)37)10(8-41-21(16)31)5-32(4)6-11-12(7-32)14(11)18(33)27-3/h9,11-12,14,16,21H,5-8H2,1-4H3,(H5-,26,27,28,29,33,34,36,37,38,39)/p+1/b30-15-/t11?,12?,14?,16-,21+,32?/m1/s1. The average Bonchev–Trinajstić information content (AvgIpc) is 3.20. The first-order valence-corrected chi connectivity index (χ1v) is 15.1. The molecule has 1 aromatic rings. The maximum atomic E-state index is 13.3. The predicted molar refractivity (Wildman–Crippen MR) is 151 cm³/mol. The summed E-state index contributed by atoms with van der Waals surface area (Å²) >= 11 is 2.38. The number of nitrogens with zero attached hydrogens (tertiary/aromatic N) is 4. The van der Waals surface area contributed by atoms with Gasteiger partial charge in [-0.05, 0) is 13.8 Å². The Hall–Kier alpha value is -3.70. The van der Waals surface area contributed by atoms with E-state index in [0.717, 1.165) is 24.4 Å². The fourth-order valence-electron chi connectivity index (χ4n) is 5.99. The van der Waals surface area contributed by atoms with Crippen molar-refractivity contribution in [2.75, 3.05) is 45.2 Å². The lowest BCUT2D eigenvalue weighted by atomic mass is 10.0. The molecule has 15 nitrogen and oxygen atoms in total. The second-order valence-corrected chi connectivity index (χ2v) is 13.6. The van der Waals surface area contributed by atoms with Crippen LogP contribution in [0.15, 0.2) is 21.8 Å². The molecule has 4 atom stereocenters. The second-order valence-electron chi connectivity index (χ2n) is 11.6. The van der Waals surface area contributed by atoms with Gasteiger partial charge in [0.2, 0.25) is 11.5 Å². The van der Waals surface area contributed by atoms with Crippen LogP contribution in [0.25, 0.3) is 0 Å². The molecule has 4 heterocycles. The van der Waals surface area contributed by atoms with Gasteiger partial charge in [0.1, 0.15) is 29.4 Å². The van der Waals surface area contributed by atoms with E-state index in [1.165, 1.54) is 35.9 Å². The second kappa shape index (κ2) is 10.5. The van der Waals surface area contributed by atoms with E-state index in [0.29, 0.717) is 22.4 Å². The van der Waals surface area contributed by atoms with Crippen LogP contribution in [0.5, 0.6) is 0 Å². The molecule has 1 aromatic heterocycles. The number of quaternary nitrogens is 1. The number of nitrogens with two attached hydrogens (primary N) is 1. The fourth-order valence-corrected chi connectivity index (χ4v) is 7.88. The largest absolute Gasteiger partial charge is 0.478 e. The van der Waals surface area contributed by atoms with Crippen LogP contribution >= 0.6 is 23.1 Å². The predicted octanol–water partition coefficient (Wildman–Crippen LogP) is -0.884. The summed E-state index contributed by atoms with van der Waals surface area (Å²) in [5, 5.41) is 29.4. The number of nitrogens with one attached hydrogen (secondary N) is 2. The van der Waals surface area contributed by atoms with E-state index >= 15 is 0 Å². The van der Waals surface area contributed by atoms with E-state index in [1.807, 2.05) is 7.05 Å². The molecule has 5 rings (SSSR count). The smallest absolute Gasteiger partial charge is 0.352 e. The number of aromatic nitrogens is 1. The molecule has 3 amide bonds. The van der Waals surface area contributed by atoms with E-state index < -0.39 is 40.8 Å². The Bertz CT molecular complexity index is 1430. The lowest BCUT2D eigenvalue weighted by molar-refractivity contribution is -0.898. The van der Waals surface area contributed by atoms with Crippen LogP contribution in [-0.4, -0.2) is 116 Å². The first-order valence-electron chi connectivity index (χ1n) is 13.1. The number of rotatable bonds is 10. The number of β-lactam (4-membered cyclic amide) rings is 1. The van der Waals surface area contributed by atoms with Crippen molar-refractivity contribution >= 4 is 63.6 Å². The van der Waals surface area contributed by atoms with Gasteiger partial charge in [-0.25, -0.2) is 14.6 Å². The first-order chi connectivity index (χ1) is 19.7. The number of hydrogen-bond donors (Lipinski definition) is 5. The maximum Gasteiger partial charge on any atom is 0.352 e. The molecule has 1 aliphatic carbocycles. The van der Waals surface area contributed by atoms with E-state index in [4.69, 9.17) is 10.6 Å². The van der Waals surface area contributed by atoms with Gasteiger partial charge in [0.15, 0.2) is 10.8 Å². The highest BCUT2D eigenvalue weighted by molar-refractivity contribution is 8.00. The van der Waals surface area contributed by atoms with Crippen molar-refractivity contribution in [3.8, 4) is 0 Å². The van der Waals surface area contributed by atoms with E-state index in [1.54, 1.807) is 7.05 Å². The Kier molecular flexibility index (Phi) is 7.47. The van der Waals surface area contributed by atoms with Crippen LogP contribution in [0.2, 0.25) is 0 Å². The molecule has 2 saturated heterocycles. The number of carbonyl (C=O) groups is 5. The lowest BCUT2D eigenvalue weighted by Gasteiger charge is -2.50. The monoisotopic (exact) mass is 622 g/mol. The van der Waals surface area contributed by atoms with Crippen LogP contribution < -0.4 is 16.4 Å². The Morgan fingerprint density at radius 2 is 1.93 bits per heavy atom. The van der Waals surface area contributed by atoms with Crippen molar-refractivity contribution in [1.29, 1.82) is 0 Å². The molecule has 0 bridgehead atoms. The van der Waals surface area contributed by atoms with E-state index in [9.17, 15) is 34.2 Å². The number of hydrogen-bond acceptors (Lipinski definition) is 11. The number of thioether (sulfide) groups is 1. The normalized spacial score (nSPS) is 30.2. The Morgan fingerprint density at radius 1 is 1.26 bits per heavy atom. The summed E-state index contributed by atoms with van der Waals surface area (Å²) in [4.78, 5) is 72.7. The number of piperidine rings is 1. The molecular weight excluding hydrogens is 590 g/mol. The Morgan fingerprint density at radius 3 is 2.48 bits per heavy atom. The Balaban J connectivity index is 1.30. The quantitative estimate of drug-likeness (QED) is 0.0935. The van der Waals surface area contributed by atoms with Crippen molar-refractivity contribution in [2.24, 2.45) is 22.9 Å². The number of carboxylic acids is 2. The van der Waals surface area contributed by atoms with Crippen molar-refractivity contribution in [3.63, 3.8) is 0 Å². The highest BCUT2D eigenvalue weighted by Crippen LogP contribution is 2.54. The number of fused-ring (bicyclic) bond motifs is 2. The number of aliphatic carboxylic acids is 2. The minimum Gasteiger partial charge on any atom is -0.478 e. The third-order valence-corrected chi connectivity index (χ3v) is 10.2. The molecule has 0 radical (unpaired) electrons. The number of thiazole rings is 1. The van der Waals surface area contributed by atoms with Gasteiger partial charge in [0, 0.05) is 35.6 Å². The number of likely N-dealkylation sites (N-methyl/N-ethyl adjacent to an activating group) is 1. The number of likely N-dealkylation sites (tertiary alicyclic amines) is 1. The number of nitrogen functional groups attached to an aromatic ring is 1. The van der Waals surface area contributed by atoms with Gasteiger partial charge >= 0.3 is 11.9 Å². The molecule has 3 aliphatic heterocycles. The van der Waals surface area contributed by atoms with Crippen LogP contribution in [0.1, 0.15) is 19.5 Å². The van der Waals surface area contributed by atoms with E-state index in [-0.39, 0.29) is 45.9 Å². The first kappa shape index (κ1) is 29.8. The molecule has 3 fully saturated rings. The SMILES string of the molecule is CNC(=O)C1C2C[N+](C)(CC3=C(C(=O)O)N4C(=O)[C@@H](NC(=O)/C(=N\OC(C)(C)C(=O)O)c5csc(N)n5)[C@@H]4SC3)CC21. The molecule has 0 aromatic carbocycles. The van der Waals surface area contributed by atoms with Crippen LogP contribution in [0.3, 0.4) is 0 Å². The zero-order chi connectivity index (χ0) is 30.7. The summed E-state index contributed by atoms with van der Waals surface area (Å²) in [6.45, 7) is 4.45. The molecule has 2 unspecified atom stereocenters. The van der Waals surface area contributed by atoms with Gasteiger partial charge in [0.25, 0.3) is 11.8 Å². The van der Waals surface area contributed by atoms with E-state index in [2.05, 4.69) is 20.8 Å². The highest BCUT2D eigenvalue weighted by atomic mass is 32.2. The van der Waals surface area contributed by atoms with Crippen molar-refractivity contribution < 1.29 is 43.5 Å². The summed E-state index contributed by atoms with van der Waals surface area (Å²) in [6, 6.07) is -1.05.